The molecule has 7 heteroatoms. The number of aliphatic imine (C=N–C) groups is 1. The van der Waals surface area contributed by atoms with Crippen LogP contribution < -0.4 is 5.32 Å². The minimum atomic E-state index is -0.0997. The number of benzene rings is 1. The number of piperidine rings is 1. The largest absolute Gasteiger partial charge is 0.469 e. The van der Waals surface area contributed by atoms with Crippen molar-refractivity contribution in [3.63, 3.8) is 0 Å². The third-order valence-electron chi connectivity index (χ3n) is 4.78. The van der Waals surface area contributed by atoms with E-state index in [0.29, 0.717) is 6.61 Å². The fourth-order valence-corrected chi connectivity index (χ4v) is 3.18. The van der Waals surface area contributed by atoms with E-state index in [-0.39, 0.29) is 42.0 Å². The van der Waals surface area contributed by atoms with E-state index in [0.717, 1.165) is 44.9 Å². The van der Waals surface area contributed by atoms with Gasteiger partial charge >= 0.3 is 5.97 Å². The van der Waals surface area contributed by atoms with Gasteiger partial charge in [0.2, 0.25) is 0 Å². The van der Waals surface area contributed by atoms with Crippen LogP contribution in [-0.2, 0) is 14.3 Å². The summed E-state index contributed by atoms with van der Waals surface area (Å²) in [5.41, 5.74) is 1.20. The van der Waals surface area contributed by atoms with Gasteiger partial charge in [0, 0.05) is 33.3 Å². The zero-order valence-electron chi connectivity index (χ0n) is 16.5. The SMILES string of the molecule is CN=C(NCCCOC(C)c1ccccc1)N1CCC(C(=O)OC)CC1.I. The van der Waals surface area contributed by atoms with Crippen LogP contribution in [0.2, 0.25) is 0 Å². The van der Waals surface area contributed by atoms with Gasteiger partial charge in [-0.15, -0.1) is 24.0 Å². The summed E-state index contributed by atoms with van der Waals surface area (Å²) in [5.74, 6) is 0.809. The van der Waals surface area contributed by atoms with Gasteiger partial charge in [-0.1, -0.05) is 30.3 Å². The highest BCUT2D eigenvalue weighted by molar-refractivity contribution is 14.0. The lowest BCUT2D eigenvalue weighted by atomic mass is 9.97. The predicted molar refractivity (Wildman–Crippen MR) is 119 cm³/mol. The minimum Gasteiger partial charge on any atom is -0.469 e. The normalized spacial score (nSPS) is 16.4. The first-order valence-electron chi connectivity index (χ1n) is 9.35. The maximum atomic E-state index is 11.6. The van der Waals surface area contributed by atoms with Crippen LogP contribution in [0.3, 0.4) is 0 Å². The number of esters is 1. The minimum absolute atomic E-state index is 0. The van der Waals surface area contributed by atoms with Gasteiger partial charge in [0.1, 0.15) is 0 Å². The van der Waals surface area contributed by atoms with Gasteiger partial charge in [-0.3, -0.25) is 9.79 Å². The first-order chi connectivity index (χ1) is 12.7. The van der Waals surface area contributed by atoms with E-state index in [1.165, 1.54) is 12.7 Å². The summed E-state index contributed by atoms with van der Waals surface area (Å²) in [7, 11) is 3.25. The molecule has 1 fully saturated rings. The molecular formula is C20H32IN3O3. The number of likely N-dealkylation sites (tertiary alicyclic amines) is 1. The Hall–Kier alpha value is -1.35. The van der Waals surface area contributed by atoms with Gasteiger partial charge < -0.3 is 19.7 Å². The molecular weight excluding hydrogens is 457 g/mol. The smallest absolute Gasteiger partial charge is 0.308 e. The van der Waals surface area contributed by atoms with Crippen molar-refractivity contribution < 1.29 is 14.3 Å². The Morgan fingerprint density at radius 3 is 2.56 bits per heavy atom. The van der Waals surface area contributed by atoms with Crippen molar-refractivity contribution in [2.24, 2.45) is 10.9 Å². The van der Waals surface area contributed by atoms with Crippen molar-refractivity contribution in [1.29, 1.82) is 0 Å². The van der Waals surface area contributed by atoms with Gasteiger partial charge in [0.25, 0.3) is 0 Å². The second-order valence-corrected chi connectivity index (χ2v) is 6.54. The molecule has 0 aliphatic carbocycles. The zero-order chi connectivity index (χ0) is 18.8. The molecule has 0 bridgehead atoms. The van der Waals surface area contributed by atoms with E-state index in [9.17, 15) is 4.79 Å². The van der Waals surface area contributed by atoms with Crippen molar-refractivity contribution >= 4 is 35.9 Å². The van der Waals surface area contributed by atoms with Crippen molar-refractivity contribution in [2.75, 3.05) is 40.4 Å². The summed E-state index contributed by atoms with van der Waals surface area (Å²) in [5, 5.41) is 3.39. The van der Waals surface area contributed by atoms with Crippen molar-refractivity contribution in [3.05, 3.63) is 35.9 Å². The number of halogens is 1. The fourth-order valence-electron chi connectivity index (χ4n) is 3.18. The van der Waals surface area contributed by atoms with Gasteiger partial charge in [-0.25, -0.2) is 0 Å². The van der Waals surface area contributed by atoms with Crippen LogP contribution in [0.5, 0.6) is 0 Å². The number of carbonyl (C=O) groups excluding carboxylic acids is 1. The van der Waals surface area contributed by atoms with Crippen LogP contribution in [0.1, 0.15) is 37.9 Å². The molecule has 6 nitrogen and oxygen atoms in total. The first-order valence-corrected chi connectivity index (χ1v) is 9.35. The Morgan fingerprint density at radius 1 is 1.30 bits per heavy atom. The van der Waals surface area contributed by atoms with Crippen molar-refractivity contribution in [1.82, 2.24) is 10.2 Å². The first kappa shape index (κ1) is 23.7. The summed E-state index contributed by atoms with van der Waals surface area (Å²) < 4.78 is 10.7. The van der Waals surface area contributed by atoms with Crippen molar-refractivity contribution in [2.45, 2.75) is 32.3 Å². The van der Waals surface area contributed by atoms with Gasteiger partial charge in [-0.05, 0) is 31.7 Å². The van der Waals surface area contributed by atoms with E-state index < -0.39 is 0 Å². The molecule has 0 spiro atoms. The molecule has 0 aromatic heterocycles. The molecule has 0 amide bonds. The van der Waals surface area contributed by atoms with Gasteiger partial charge in [-0.2, -0.15) is 0 Å². The van der Waals surface area contributed by atoms with E-state index >= 15 is 0 Å². The van der Waals surface area contributed by atoms with Crippen LogP contribution in [0.4, 0.5) is 0 Å². The summed E-state index contributed by atoms with van der Waals surface area (Å²) in [6.45, 7) is 5.23. The standard InChI is InChI=1S/C20H31N3O3.HI/c1-16(17-8-5-4-6-9-17)26-15-7-12-22-20(21-2)23-13-10-18(11-14-23)19(24)25-3;/h4-6,8-9,16,18H,7,10-15H2,1-3H3,(H,21,22);1H. The lowest BCUT2D eigenvalue weighted by Crippen LogP contribution is -2.47. The number of hydrogen-bond donors (Lipinski definition) is 1. The quantitative estimate of drug-likeness (QED) is 0.210. The molecule has 1 aliphatic rings. The maximum absolute atomic E-state index is 11.6. The molecule has 1 heterocycles. The highest BCUT2D eigenvalue weighted by Gasteiger charge is 2.26. The molecule has 1 aromatic rings. The number of ether oxygens (including phenoxy) is 2. The Bertz CT molecular complexity index is 575. The van der Waals surface area contributed by atoms with Crippen LogP contribution in [-0.4, -0.2) is 57.2 Å². The van der Waals surface area contributed by atoms with E-state index in [1.807, 2.05) is 18.2 Å². The summed E-state index contributed by atoms with van der Waals surface area (Å²) in [4.78, 5) is 18.2. The number of guanidine groups is 1. The fraction of sp³-hybridized carbons (Fsp3) is 0.600. The summed E-state index contributed by atoms with van der Waals surface area (Å²) in [6, 6.07) is 10.2. The molecule has 0 saturated carbocycles. The Kier molecular flexibility index (Phi) is 11.3. The average molecular weight is 489 g/mol. The summed E-state index contributed by atoms with van der Waals surface area (Å²) in [6.07, 6.45) is 2.64. The van der Waals surface area contributed by atoms with Gasteiger partial charge in [0.15, 0.2) is 5.96 Å². The third kappa shape index (κ3) is 7.65. The number of nitrogens with zero attached hydrogens (tertiary/aromatic N) is 2. The second kappa shape index (κ2) is 12.9. The number of hydrogen-bond acceptors (Lipinski definition) is 4. The third-order valence-corrected chi connectivity index (χ3v) is 4.78. The second-order valence-electron chi connectivity index (χ2n) is 6.54. The van der Waals surface area contributed by atoms with Crippen LogP contribution >= 0.6 is 24.0 Å². The Labute approximate surface area is 179 Å². The highest BCUT2D eigenvalue weighted by Crippen LogP contribution is 2.18. The topological polar surface area (TPSA) is 63.2 Å². The van der Waals surface area contributed by atoms with Crippen molar-refractivity contribution in [3.8, 4) is 0 Å². The number of rotatable bonds is 7. The molecule has 1 unspecified atom stereocenters. The molecule has 152 valence electrons. The number of methoxy groups -OCH3 is 1. The predicted octanol–water partition coefficient (Wildman–Crippen LogP) is 3.23. The molecule has 27 heavy (non-hydrogen) atoms. The number of carbonyl (C=O) groups is 1. The monoisotopic (exact) mass is 489 g/mol. The van der Waals surface area contributed by atoms with Crippen LogP contribution in [0, 0.1) is 5.92 Å². The molecule has 1 saturated heterocycles. The summed E-state index contributed by atoms with van der Waals surface area (Å²) >= 11 is 0. The molecule has 1 atom stereocenters. The molecule has 1 aromatic carbocycles. The highest BCUT2D eigenvalue weighted by atomic mass is 127. The Morgan fingerprint density at radius 2 is 1.96 bits per heavy atom. The van der Waals surface area contributed by atoms with E-state index in [2.05, 4.69) is 34.3 Å². The lowest BCUT2D eigenvalue weighted by Gasteiger charge is -2.33. The van der Waals surface area contributed by atoms with Crippen LogP contribution in [0.15, 0.2) is 35.3 Å². The maximum Gasteiger partial charge on any atom is 0.308 e. The van der Waals surface area contributed by atoms with E-state index in [4.69, 9.17) is 9.47 Å². The lowest BCUT2D eigenvalue weighted by molar-refractivity contribution is -0.146. The van der Waals surface area contributed by atoms with Gasteiger partial charge in [0.05, 0.1) is 19.1 Å². The molecule has 2 rings (SSSR count). The Balaban J connectivity index is 0.00000364. The molecule has 1 aliphatic heterocycles. The number of nitrogens with one attached hydrogen (secondary N) is 1. The average Bonchev–Trinajstić information content (AvgIpc) is 2.70. The van der Waals surface area contributed by atoms with E-state index in [1.54, 1.807) is 7.05 Å². The molecule has 0 radical (unpaired) electrons. The molecule has 1 N–H and O–H groups in total. The van der Waals surface area contributed by atoms with Crippen LogP contribution in [0.25, 0.3) is 0 Å². The zero-order valence-corrected chi connectivity index (χ0v) is 18.8.